The second-order valence-corrected chi connectivity index (χ2v) is 12.9. The normalized spacial score (nSPS) is 14.2. The molecule has 0 spiro atoms. The summed E-state index contributed by atoms with van der Waals surface area (Å²) in [6.45, 7) is 3.12. The van der Waals surface area contributed by atoms with Gasteiger partial charge in [-0.3, -0.25) is 9.88 Å². The first-order valence-corrected chi connectivity index (χ1v) is 16.0. The molecule has 45 heavy (non-hydrogen) atoms. The Bertz CT molecular complexity index is 2060. The topological polar surface area (TPSA) is 130 Å². The summed E-state index contributed by atoms with van der Waals surface area (Å²) >= 11 is 2.87. The molecule has 4 aromatic heterocycles. The van der Waals surface area contributed by atoms with Gasteiger partial charge in [0.05, 0.1) is 51.5 Å². The van der Waals surface area contributed by atoms with E-state index in [1.807, 2.05) is 30.5 Å². The van der Waals surface area contributed by atoms with Gasteiger partial charge in [-0.25, -0.2) is 24.1 Å². The number of likely N-dealkylation sites (tertiary alicyclic amines) is 1. The average molecular weight is 640 g/mol. The molecule has 0 amide bonds. The number of hydrogen-bond acceptors (Lipinski definition) is 10. The minimum absolute atomic E-state index is 0.159. The Balaban J connectivity index is 1.01. The molecule has 7 rings (SSSR count). The Labute approximate surface area is 265 Å². The van der Waals surface area contributed by atoms with Crippen LogP contribution in [0.25, 0.3) is 21.3 Å². The molecule has 0 saturated carbocycles. The van der Waals surface area contributed by atoms with Crippen molar-refractivity contribution in [1.82, 2.24) is 29.4 Å². The summed E-state index contributed by atoms with van der Waals surface area (Å²) in [5, 5.41) is 19.3. The number of imidazole rings is 1. The van der Waals surface area contributed by atoms with E-state index in [4.69, 9.17) is 20.0 Å². The average Bonchev–Trinajstić information content (AvgIpc) is 3.80. The maximum absolute atomic E-state index is 14.3. The molecule has 226 valence electrons. The van der Waals surface area contributed by atoms with Crippen molar-refractivity contribution in [2.24, 2.45) is 0 Å². The van der Waals surface area contributed by atoms with Gasteiger partial charge in [0.2, 0.25) is 5.88 Å². The molecule has 1 saturated heterocycles. The number of carboxylic acids is 1. The quantitative estimate of drug-likeness (QED) is 0.196. The summed E-state index contributed by atoms with van der Waals surface area (Å²) < 4.78 is 23.0. The predicted molar refractivity (Wildman–Crippen MR) is 168 cm³/mol. The Morgan fingerprint density at radius 2 is 1.98 bits per heavy atom. The van der Waals surface area contributed by atoms with Crippen molar-refractivity contribution >= 4 is 49.9 Å². The van der Waals surface area contributed by atoms with Crippen molar-refractivity contribution in [3.63, 3.8) is 0 Å². The number of halogens is 1. The molecular formula is C32H26FN7O3S2. The summed E-state index contributed by atoms with van der Waals surface area (Å²) in [7, 11) is 0. The van der Waals surface area contributed by atoms with Crippen LogP contribution >= 0.6 is 22.7 Å². The molecule has 1 fully saturated rings. The van der Waals surface area contributed by atoms with Gasteiger partial charge in [0.1, 0.15) is 23.0 Å². The molecule has 6 aromatic rings. The number of carbonyl (C=O) groups is 1. The highest BCUT2D eigenvalue weighted by Crippen LogP contribution is 2.31. The summed E-state index contributed by atoms with van der Waals surface area (Å²) in [5.41, 5.74) is 5.09. The molecule has 1 aliphatic rings. The zero-order chi connectivity index (χ0) is 30.9. The van der Waals surface area contributed by atoms with E-state index < -0.39 is 11.8 Å². The van der Waals surface area contributed by atoms with Crippen molar-refractivity contribution in [2.75, 3.05) is 13.1 Å². The lowest BCUT2D eigenvalue weighted by molar-refractivity contribution is 0.0697. The molecule has 10 nitrogen and oxygen atoms in total. The van der Waals surface area contributed by atoms with Crippen LogP contribution in [0.2, 0.25) is 0 Å². The minimum Gasteiger partial charge on any atom is -0.478 e. The highest BCUT2D eigenvalue weighted by atomic mass is 32.1. The summed E-state index contributed by atoms with van der Waals surface area (Å²) in [6, 6.07) is 15.6. The summed E-state index contributed by atoms with van der Waals surface area (Å²) in [5.74, 6) is 0.190. The number of pyridine rings is 1. The van der Waals surface area contributed by atoms with Crippen LogP contribution in [0.5, 0.6) is 5.88 Å². The van der Waals surface area contributed by atoms with Gasteiger partial charge in [-0.15, -0.1) is 22.7 Å². The van der Waals surface area contributed by atoms with E-state index in [0.29, 0.717) is 28.7 Å². The Morgan fingerprint density at radius 1 is 1.11 bits per heavy atom. The van der Waals surface area contributed by atoms with Gasteiger partial charge < -0.3 is 14.4 Å². The number of nitriles is 1. The maximum Gasteiger partial charge on any atom is 0.335 e. The van der Waals surface area contributed by atoms with Gasteiger partial charge in [-0.05, 0) is 62.3 Å². The number of aromatic nitrogens is 5. The molecule has 1 aliphatic heterocycles. The van der Waals surface area contributed by atoms with Crippen molar-refractivity contribution in [1.29, 1.82) is 5.26 Å². The van der Waals surface area contributed by atoms with Crippen LogP contribution in [-0.2, 0) is 19.7 Å². The van der Waals surface area contributed by atoms with Gasteiger partial charge >= 0.3 is 5.97 Å². The number of carboxylic acid groups (broad SMARTS) is 1. The van der Waals surface area contributed by atoms with Gasteiger partial charge in [-0.2, -0.15) is 5.26 Å². The number of hydrogen-bond donors (Lipinski definition) is 1. The van der Waals surface area contributed by atoms with Crippen LogP contribution in [-0.4, -0.2) is 53.6 Å². The third-order valence-corrected chi connectivity index (χ3v) is 9.69. The lowest BCUT2D eigenvalue weighted by Gasteiger charge is -2.31. The van der Waals surface area contributed by atoms with Crippen LogP contribution in [0.3, 0.4) is 0 Å². The number of benzene rings is 2. The largest absolute Gasteiger partial charge is 0.478 e. The number of aromatic carboxylic acids is 1. The SMILES string of the molecule is N#Cc1cc(F)c2nc(COc3cccc(C4CCN(Cc5nc6ccc(C(=O)O)cc6n5Cc5cncs5)CC4)n3)sc2c1. The first-order chi connectivity index (χ1) is 21.9. The lowest BCUT2D eigenvalue weighted by atomic mass is 9.93. The molecule has 5 heterocycles. The van der Waals surface area contributed by atoms with E-state index in [1.54, 1.807) is 41.1 Å². The fourth-order valence-corrected chi connectivity index (χ4v) is 7.22. The van der Waals surface area contributed by atoms with E-state index in [-0.39, 0.29) is 29.2 Å². The molecule has 0 bridgehead atoms. The molecule has 1 N–H and O–H groups in total. The minimum atomic E-state index is -0.962. The third kappa shape index (κ3) is 6.12. The molecular weight excluding hydrogens is 614 g/mol. The highest BCUT2D eigenvalue weighted by Gasteiger charge is 2.24. The maximum atomic E-state index is 14.3. The molecule has 2 aromatic carbocycles. The third-order valence-electron chi connectivity index (χ3n) is 7.95. The van der Waals surface area contributed by atoms with Crippen molar-refractivity contribution in [2.45, 2.75) is 38.5 Å². The molecule has 0 unspecified atom stereocenters. The van der Waals surface area contributed by atoms with Crippen LogP contribution in [0.4, 0.5) is 4.39 Å². The number of fused-ring (bicyclic) bond motifs is 2. The number of thiazole rings is 2. The van der Waals surface area contributed by atoms with Crippen LogP contribution in [0.1, 0.15) is 56.1 Å². The highest BCUT2D eigenvalue weighted by molar-refractivity contribution is 7.18. The van der Waals surface area contributed by atoms with E-state index >= 15 is 0 Å². The van der Waals surface area contributed by atoms with E-state index in [0.717, 1.165) is 53.4 Å². The van der Waals surface area contributed by atoms with Gasteiger partial charge in [0.15, 0.2) is 5.82 Å². The Morgan fingerprint density at radius 3 is 2.76 bits per heavy atom. The zero-order valence-corrected chi connectivity index (χ0v) is 25.5. The molecule has 0 radical (unpaired) electrons. The standard InChI is InChI=1S/C32H26FN7O3S2/c33-23-10-19(13-34)11-27-31(23)38-30(45-27)17-43-29-3-1-2-24(37-29)20-6-8-39(9-7-20)16-28-36-25-5-4-21(32(41)42)12-26(25)40(28)15-22-14-35-18-44-22/h1-5,10-12,14,18,20H,6-9,15-17H2,(H,41,42). The monoisotopic (exact) mass is 639 g/mol. The van der Waals surface area contributed by atoms with E-state index in [1.165, 1.54) is 17.4 Å². The zero-order valence-electron chi connectivity index (χ0n) is 23.9. The van der Waals surface area contributed by atoms with Gasteiger partial charge in [0.25, 0.3) is 0 Å². The second kappa shape index (κ2) is 12.3. The number of ether oxygens (including phenoxy) is 1. The summed E-state index contributed by atoms with van der Waals surface area (Å²) in [4.78, 5) is 33.3. The van der Waals surface area contributed by atoms with Gasteiger partial charge in [0, 0.05) is 28.8 Å². The van der Waals surface area contributed by atoms with E-state index in [9.17, 15) is 14.3 Å². The second-order valence-electron chi connectivity index (χ2n) is 10.9. The van der Waals surface area contributed by atoms with Crippen molar-refractivity contribution in [3.8, 4) is 11.9 Å². The lowest BCUT2D eigenvalue weighted by Crippen LogP contribution is -2.33. The van der Waals surface area contributed by atoms with Crippen LogP contribution in [0, 0.1) is 17.1 Å². The number of rotatable bonds is 9. The van der Waals surface area contributed by atoms with Gasteiger partial charge in [-0.1, -0.05) is 6.07 Å². The first kappa shape index (κ1) is 29.0. The van der Waals surface area contributed by atoms with Crippen LogP contribution in [0.15, 0.2) is 60.2 Å². The molecule has 0 atom stereocenters. The van der Waals surface area contributed by atoms with Crippen molar-refractivity contribution < 1.29 is 19.0 Å². The molecule has 0 aliphatic carbocycles. The smallest absolute Gasteiger partial charge is 0.335 e. The van der Waals surface area contributed by atoms with Crippen LogP contribution < -0.4 is 4.74 Å². The fraction of sp³-hybridized carbons (Fsp3) is 0.250. The number of piperidine rings is 1. The van der Waals surface area contributed by atoms with Crippen molar-refractivity contribution in [3.05, 3.63) is 98.6 Å². The Kier molecular flexibility index (Phi) is 7.93. The Hall–Kier alpha value is -4.77. The molecule has 13 heteroatoms. The first-order valence-electron chi connectivity index (χ1n) is 14.3. The predicted octanol–water partition coefficient (Wildman–Crippen LogP) is 6.21. The number of nitrogens with zero attached hydrogens (tertiary/aromatic N) is 7. The summed E-state index contributed by atoms with van der Waals surface area (Å²) in [6.07, 6.45) is 3.68. The van der Waals surface area contributed by atoms with E-state index in [2.05, 4.69) is 19.4 Å². The fourth-order valence-electron chi connectivity index (χ4n) is 5.70.